The average molecular weight is 451 g/mol. The molecule has 0 fully saturated rings. The van der Waals surface area contributed by atoms with E-state index in [1.54, 1.807) is 18.2 Å². The molecule has 0 saturated heterocycles. The summed E-state index contributed by atoms with van der Waals surface area (Å²) in [6.07, 6.45) is 4.22. The van der Waals surface area contributed by atoms with E-state index < -0.39 is 11.2 Å². The molecule has 0 unspecified atom stereocenters. The van der Waals surface area contributed by atoms with Gasteiger partial charge in [-0.3, -0.25) is 19.1 Å². The van der Waals surface area contributed by atoms with Gasteiger partial charge in [0.2, 0.25) is 0 Å². The SMILES string of the molecule is CCCCCN(C(=O)c1cccc(Br)c1)c1c(N)n(CCCC)c(=O)[nH]c1=O. The van der Waals surface area contributed by atoms with Crippen LogP contribution in [0, 0.1) is 0 Å². The van der Waals surface area contributed by atoms with Gasteiger partial charge in [-0.25, -0.2) is 4.79 Å². The normalized spacial score (nSPS) is 10.8. The molecule has 0 atom stereocenters. The number of aromatic nitrogens is 2. The van der Waals surface area contributed by atoms with Crippen LogP contribution in [0.4, 0.5) is 11.5 Å². The third-order valence-electron chi connectivity index (χ3n) is 4.52. The fourth-order valence-electron chi connectivity index (χ4n) is 2.99. The number of hydrogen-bond acceptors (Lipinski definition) is 4. The van der Waals surface area contributed by atoms with Gasteiger partial charge in [-0.05, 0) is 31.0 Å². The molecule has 7 nitrogen and oxygen atoms in total. The minimum absolute atomic E-state index is 0.0297. The van der Waals surface area contributed by atoms with E-state index in [9.17, 15) is 14.4 Å². The first-order valence-electron chi connectivity index (χ1n) is 9.60. The quantitative estimate of drug-likeness (QED) is 0.570. The van der Waals surface area contributed by atoms with Gasteiger partial charge >= 0.3 is 5.69 Å². The summed E-state index contributed by atoms with van der Waals surface area (Å²) in [6.45, 7) is 4.80. The highest BCUT2D eigenvalue weighted by Gasteiger charge is 2.25. The predicted octanol–water partition coefficient (Wildman–Crippen LogP) is 3.52. The van der Waals surface area contributed by atoms with E-state index in [1.165, 1.54) is 9.47 Å². The number of aromatic amines is 1. The van der Waals surface area contributed by atoms with Crippen LogP contribution in [0.2, 0.25) is 0 Å². The van der Waals surface area contributed by atoms with E-state index in [4.69, 9.17) is 5.73 Å². The summed E-state index contributed by atoms with van der Waals surface area (Å²) in [5, 5.41) is 0. The van der Waals surface area contributed by atoms with Crippen molar-refractivity contribution in [3.63, 3.8) is 0 Å². The predicted molar refractivity (Wildman–Crippen MR) is 116 cm³/mol. The van der Waals surface area contributed by atoms with E-state index in [0.29, 0.717) is 18.7 Å². The number of rotatable bonds is 9. The zero-order valence-electron chi connectivity index (χ0n) is 16.3. The summed E-state index contributed by atoms with van der Waals surface area (Å²) in [4.78, 5) is 41.7. The molecule has 0 aliphatic rings. The van der Waals surface area contributed by atoms with Gasteiger partial charge in [-0.2, -0.15) is 0 Å². The second-order valence-electron chi connectivity index (χ2n) is 6.67. The smallest absolute Gasteiger partial charge is 0.330 e. The number of halogens is 1. The van der Waals surface area contributed by atoms with Gasteiger partial charge in [-0.15, -0.1) is 0 Å². The molecule has 2 rings (SSSR count). The number of nitrogens with two attached hydrogens (primary N) is 1. The first-order valence-corrected chi connectivity index (χ1v) is 10.4. The Morgan fingerprint density at radius 2 is 1.89 bits per heavy atom. The van der Waals surface area contributed by atoms with Crippen molar-refractivity contribution < 1.29 is 4.79 Å². The average Bonchev–Trinajstić information content (AvgIpc) is 2.66. The van der Waals surface area contributed by atoms with Crippen LogP contribution in [0.15, 0.2) is 38.3 Å². The number of nitrogen functional groups attached to an aromatic ring is 1. The molecule has 1 heterocycles. The topological polar surface area (TPSA) is 101 Å². The Balaban J connectivity index is 2.55. The number of anilines is 2. The van der Waals surface area contributed by atoms with Crippen LogP contribution >= 0.6 is 15.9 Å². The zero-order chi connectivity index (χ0) is 20.7. The van der Waals surface area contributed by atoms with Gasteiger partial charge in [0.1, 0.15) is 5.82 Å². The Bertz CT molecular complexity index is 936. The maximum atomic E-state index is 13.2. The lowest BCUT2D eigenvalue weighted by Gasteiger charge is -2.24. The molecule has 0 spiro atoms. The fraction of sp³-hybridized carbons (Fsp3) is 0.450. The third-order valence-corrected chi connectivity index (χ3v) is 5.01. The van der Waals surface area contributed by atoms with Crippen molar-refractivity contribution in [2.45, 2.75) is 52.5 Å². The third kappa shape index (κ3) is 5.13. The Morgan fingerprint density at radius 3 is 2.54 bits per heavy atom. The second-order valence-corrected chi connectivity index (χ2v) is 7.59. The van der Waals surface area contributed by atoms with Crippen molar-refractivity contribution in [1.82, 2.24) is 9.55 Å². The minimum Gasteiger partial charge on any atom is -0.383 e. The minimum atomic E-state index is -0.643. The van der Waals surface area contributed by atoms with Crippen molar-refractivity contribution in [2.75, 3.05) is 17.2 Å². The summed E-state index contributed by atoms with van der Waals surface area (Å²) in [6, 6.07) is 6.98. The van der Waals surface area contributed by atoms with Crippen molar-refractivity contribution in [3.05, 3.63) is 55.1 Å². The Kier molecular flexibility index (Phi) is 8.04. The number of hydrogen-bond donors (Lipinski definition) is 2. The van der Waals surface area contributed by atoms with Crippen molar-refractivity contribution in [3.8, 4) is 0 Å². The highest BCUT2D eigenvalue weighted by molar-refractivity contribution is 9.10. The van der Waals surface area contributed by atoms with E-state index in [2.05, 4.69) is 27.8 Å². The Labute approximate surface area is 172 Å². The molecular formula is C20H27BrN4O3. The lowest BCUT2D eigenvalue weighted by molar-refractivity contribution is 0.0986. The fourth-order valence-corrected chi connectivity index (χ4v) is 3.39. The maximum Gasteiger partial charge on any atom is 0.330 e. The molecular weight excluding hydrogens is 424 g/mol. The van der Waals surface area contributed by atoms with Crippen LogP contribution in [-0.4, -0.2) is 22.0 Å². The molecule has 1 amide bonds. The molecule has 0 radical (unpaired) electrons. The van der Waals surface area contributed by atoms with Gasteiger partial charge in [0, 0.05) is 23.1 Å². The van der Waals surface area contributed by atoms with E-state index >= 15 is 0 Å². The number of H-pyrrole nitrogens is 1. The molecule has 3 N–H and O–H groups in total. The zero-order valence-corrected chi connectivity index (χ0v) is 17.9. The molecule has 2 aromatic rings. The lowest BCUT2D eigenvalue weighted by Crippen LogP contribution is -2.41. The summed E-state index contributed by atoms with van der Waals surface area (Å²) >= 11 is 3.37. The van der Waals surface area contributed by atoms with Gasteiger partial charge in [-0.1, -0.05) is 55.1 Å². The maximum absolute atomic E-state index is 13.2. The van der Waals surface area contributed by atoms with Gasteiger partial charge in [0.05, 0.1) is 0 Å². The van der Waals surface area contributed by atoms with Crippen molar-refractivity contribution in [1.29, 1.82) is 0 Å². The summed E-state index contributed by atoms with van der Waals surface area (Å²) in [5.41, 5.74) is 5.50. The van der Waals surface area contributed by atoms with Crippen LogP contribution in [0.25, 0.3) is 0 Å². The summed E-state index contributed by atoms with van der Waals surface area (Å²) in [7, 11) is 0. The largest absolute Gasteiger partial charge is 0.383 e. The first kappa shape index (κ1) is 21.9. The molecule has 0 aliphatic heterocycles. The molecule has 152 valence electrons. The molecule has 28 heavy (non-hydrogen) atoms. The van der Waals surface area contributed by atoms with E-state index in [-0.39, 0.29) is 17.4 Å². The molecule has 0 bridgehead atoms. The molecule has 1 aromatic carbocycles. The number of unbranched alkanes of at least 4 members (excludes halogenated alkanes) is 3. The Morgan fingerprint density at radius 1 is 1.18 bits per heavy atom. The monoisotopic (exact) mass is 450 g/mol. The first-order chi connectivity index (χ1) is 13.4. The van der Waals surface area contributed by atoms with Crippen LogP contribution in [-0.2, 0) is 6.54 Å². The van der Waals surface area contributed by atoms with Gasteiger partial charge < -0.3 is 10.6 Å². The highest BCUT2D eigenvalue weighted by Crippen LogP contribution is 2.22. The van der Waals surface area contributed by atoms with E-state index in [0.717, 1.165) is 36.6 Å². The molecule has 0 saturated carbocycles. The number of carbonyl (C=O) groups is 1. The highest BCUT2D eigenvalue weighted by atomic mass is 79.9. The molecule has 0 aliphatic carbocycles. The number of nitrogens with one attached hydrogen (secondary N) is 1. The molecule has 1 aromatic heterocycles. The number of carbonyl (C=O) groups excluding carboxylic acids is 1. The second kappa shape index (κ2) is 10.3. The summed E-state index contributed by atoms with van der Waals surface area (Å²) < 4.78 is 2.10. The van der Waals surface area contributed by atoms with Crippen LogP contribution < -0.4 is 21.9 Å². The van der Waals surface area contributed by atoms with Crippen LogP contribution in [0.5, 0.6) is 0 Å². The lowest BCUT2D eigenvalue weighted by atomic mass is 10.1. The number of amides is 1. The summed E-state index contributed by atoms with van der Waals surface area (Å²) in [5.74, 6) is -0.294. The van der Waals surface area contributed by atoms with Gasteiger partial charge in [0.25, 0.3) is 11.5 Å². The van der Waals surface area contributed by atoms with Gasteiger partial charge in [0.15, 0.2) is 5.69 Å². The Hall–Kier alpha value is -2.35. The number of benzene rings is 1. The van der Waals surface area contributed by atoms with Crippen LogP contribution in [0.3, 0.4) is 0 Å². The standard InChI is InChI=1S/C20H27BrN4O3/c1-3-5-7-12-24(19(27)14-9-8-10-15(21)13-14)16-17(22)25(11-6-4-2)20(28)23-18(16)26/h8-10,13H,3-7,11-12,22H2,1-2H3,(H,23,26,28). The van der Waals surface area contributed by atoms with Crippen molar-refractivity contribution >= 4 is 33.3 Å². The van der Waals surface area contributed by atoms with Crippen molar-refractivity contribution in [2.24, 2.45) is 0 Å². The van der Waals surface area contributed by atoms with Crippen LogP contribution in [0.1, 0.15) is 56.3 Å². The molecule has 8 heteroatoms. The number of nitrogens with zero attached hydrogens (tertiary/aromatic N) is 2. The van der Waals surface area contributed by atoms with E-state index in [1.807, 2.05) is 13.0 Å².